The number of carbonyl (C=O) groups excluding carboxylic acids is 1. The molecule has 0 aromatic carbocycles. The highest BCUT2D eigenvalue weighted by atomic mass is 16.6. The first-order valence-corrected chi connectivity index (χ1v) is 6.66. The van der Waals surface area contributed by atoms with Crippen molar-refractivity contribution >= 4 is 11.7 Å². The Morgan fingerprint density at radius 2 is 2.20 bits per heavy atom. The number of fused-ring (bicyclic) bond motifs is 1. The number of nitrogens with one attached hydrogen (secondary N) is 2. The van der Waals surface area contributed by atoms with Gasteiger partial charge in [0.2, 0.25) is 5.91 Å². The monoisotopic (exact) mass is 279 g/mol. The Bertz CT molecular complexity index is 508. The fourth-order valence-corrected chi connectivity index (χ4v) is 2.38. The van der Waals surface area contributed by atoms with Gasteiger partial charge in [0.15, 0.2) is 11.5 Å². The molecule has 2 aliphatic heterocycles. The first-order chi connectivity index (χ1) is 9.72. The molecule has 0 aliphatic carbocycles. The Morgan fingerprint density at radius 1 is 1.40 bits per heavy atom. The molecule has 0 radical (unpaired) electrons. The predicted octanol–water partition coefficient (Wildman–Crippen LogP) is -0.238. The van der Waals surface area contributed by atoms with Gasteiger partial charge in [-0.1, -0.05) is 0 Å². The number of carbonyl (C=O) groups is 1. The first kappa shape index (κ1) is 13.1. The minimum absolute atomic E-state index is 0.0489. The maximum Gasteiger partial charge on any atom is 0.225 e. The summed E-state index contributed by atoms with van der Waals surface area (Å²) in [6.45, 7) is 2.20. The van der Waals surface area contributed by atoms with Crippen molar-refractivity contribution in [3.8, 4) is 11.5 Å². The van der Waals surface area contributed by atoms with Crippen LogP contribution in [0.2, 0.25) is 0 Å². The highest BCUT2D eigenvalue weighted by molar-refractivity contribution is 5.90. The Hall–Kier alpha value is -1.86. The number of anilines is 1. The lowest BCUT2D eigenvalue weighted by Crippen LogP contribution is -2.24. The van der Waals surface area contributed by atoms with Gasteiger partial charge in [0.1, 0.15) is 19.0 Å². The van der Waals surface area contributed by atoms with Crippen LogP contribution in [0.3, 0.4) is 0 Å². The van der Waals surface area contributed by atoms with Crippen LogP contribution in [0.1, 0.15) is 6.42 Å². The number of hydrogen-bond donors (Lipinski definition) is 3. The zero-order valence-electron chi connectivity index (χ0n) is 11.0. The third-order valence-electron chi connectivity index (χ3n) is 3.45. The summed E-state index contributed by atoms with van der Waals surface area (Å²) in [7, 11) is 0. The second-order valence-electron chi connectivity index (χ2n) is 4.95. The molecule has 0 spiro atoms. The molecule has 1 amide bonds. The van der Waals surface area contributed by atoms with Crippen LogP contribution in [0.25, 0.3) is 0 Å². The molecule has 0 saturated carbocycles. The van der Waals surface area contributed by atoms with Crippen molar-refractivity contribution in [3.05, 3.63) is 12.3 Å². The third-order valence-corrected chi connectivity index (χ3v) is 3.45. The fourth-order valence-electron chi connectivity index (χ4n) is 2.38. The van der Waals surface area contributed by atoms with Gasteiger partial charge < -0.3 is 25.2 Å². The number of aliphatic hydroxyl groups excluding tert-OH is 1. The van der Waals surface area contributed by atoms with Crippen molar-refractivity contribution in [1.82, 2.24) is 10.3 Å². The Labute approximate surface area is 116 Å². The summed E-state index contributed by atoms with van der Waals surface area (Å²) in [6, 6.07) is 1.65. The van der Waals surface area contributed by atoms with E-state index in [0.717, 1.165) is 0 Å². The van der Waals surface area contributed by atoms with Gasteiger partial charge in [0.25, 0.3) is 0 Å². The maximum atomic E-state index is 11.9. The molecule has 108 valence electrons. The van der Waals surface area contributed by atoms with Gasteiger partial charge in [-0.15, -0.1) is 0 Å². The van der Waals surface area contributed by atoms with Crippen molar-refractivity contribution in [1.29, 1.82) is 0 Å². The highest BCUT2D eigenvalue weighted by Gasteiger charge is 2.27. The van der Waals surface area contributed by atoms with E-state index in [-0.39, 0.29) is 18.2 Å². The van der Waals surface area contributed by atoms with Gasteiger partial charge in [-0.25, -0.2) is 4.98 Å². The van der Waals surface area contributed by atoms with E-state index < -0.39 is 6.10 Å². The van der Waals surface area contributed by atoms with Crippen molar-refractivity contribution in [2.45, 2.75) is 12.5 Å². The minimum Gasteiger partial charge on any atom is -0.486 e. The number of rotatable bonds is 3. The molecule has 3 heterocycles. The number of nitrogens with zero attached hydrogens (tertiary/aromatic N) is 1. The molecule has 0 unspecified atom stereocenters. The lowest BCUT2D eigenvalue weighted by molar-refractivity contribution is -0.117. The van der Waals surface area contributed by atoms with E-state index in [1.165, 1.54) is 6.20 Å². The molecule has 1 aromatic heterocycles. The molecule has 0 bridgehead atoms. The summed E-state index contributed by atoms with van der Waals surface area (Å²) in [6.07, 6.45) is 1.34. The number of amides is 1. The number of aromatic nitrogens is 1. The number of hydrogen-bond acceptors (Lipinski definition) is 6. The second-order valence-corrected chi connectivity index (χ2v) is 4.95. The molecule has 7 nitrogen and oxygen atoms in total. The molecule has 20 heavy (non-hydrogen) atoms. The largest absolute Gasteiger partial charge is 0.486 e. The van der Waals surface area contributed by atoms with E-state index in [1.54, 1.807) is 6.07 Å². The SMILES string of the molecule is O=C(C[C@@H]1CNC[C@H]1O)Nc1cc2c(cn1)OCCO2. The van der Waals surface area contributed by atoms with Crippen LogP contribution >= 0.6 is 0 Å². The van der Waals surface area contributed by atoms with Crippen molar-refractivity contribution in [3.63, 3.8) is 0 Å². The van der Waals surface area contributed by atoms with Gasteiger partial charge in [0, 0.05) is 31.5 Å². The van der Waals surface area contributed by atoms with E-state index in [4.69, 9.17) is 9.47 Å². The zero-order valence-corrected chi connectivity index (χ0v) is 11.0. The van der Waals surface area contributed by atoms with Crippen molar-refractivity contribution in [2.75, 3.05) is 31.6 Å². The molecule has 3 N–H and O–H groups in total. The van der Waals surface area contributed by atoms with Crippen LogP contribution < -0.4 is 20.1 Å². The molecule has 1 fully saturated rings. The smallest absolute Gasteiger partial charge is 0.225 e. The van der Waals surface area contributed by atoms with Gasteiger partial charge >= 0.3 is 0 Å². The maximum absolute atomic E-state index is 11.9. The lowest BCUT2D eigenvalue weighted by Gasteiger charge is -2.18. The molecule has 3 rings (SSSR count). The van der Waals surface area contributed by atoms with E-state index in [9.17, 15) is 9.90 Å². The molecule has 1 saturated heterocycles. The van der Waals surface area contributed by atoms with Gasteiger partial charge in [-0.05, 0) is 0 Å². The number of pyridine rings is 1. The molecule has 2 atom stereocenters. The standard InChI is InChI=1S/C13H17N3O4/c17-9-6-14-5-8(9)3-13(18)16-12-4-10-11(7-15-12)20-2-1-19-10/h4,7-9,14,17H,1-3,5-6H2,(H,15,16,18)/t8-,9-/m1/s1. The number of ether oxygens (including phenoxy) is 2. The lowest BCUT2D eigenvalue weighted by atomic mass is 10.0. The fraction of sp³-hybridized carbons (Fsp3) is 0.538. The van der Waals surface area contributed by atoms with Crippen LogP contribution in [-0.4, -0.2) is 48.4 Å². The predicted molar refractivity (Wildman–Crippen MR) is 70.8 cm³/mol. The summed E-state index contributed by atoms with van der Waals surface area (Å²) in [5.74, 6) is 1.39. The number of aliphatic hydroxyl groups is 1. The second kappa shape index (κ2) is 5.64. The average Bonchev–Trinajstić information content (AvgIpc) is 2.84. The molecule has 2 aliphatic rings. The summed E-state index contributed by atoms with van der Waals surface area (Å²) in [5, 5.41) is 15.4. The van der Waals surface area contributed by atoms with E-state index in [1.807, 2.05) is 0 Å². The summed E-state index contributed by atoms with van der Waals surface area (Å²) < 4.78 is 10.8. The number of β-amino-alcohol motifs (C(OH)–C–C–N with tert-alkyl or cyclic N) is 1. The summed E-state index contributed by atoms with van der Waals surface area (Å²) in [5.41, 5.74) is 0. The Kier molecular flexibility index (Phi) is 3.70. The normalized spacial score (nSPS) is 24.4. The van der Waals surface area contributed by atoms with Gasteiger partial charge in [0.05, 0.1) is 12.3 Å². The van der Waals surface area contributed by atoms with E-state index in [0.29, 0.717) is 43.6 Å². The zero-order chi connectivity index (χ0) is 13.9. The van der Waals surface area contributed by atoms with Crippen LogP contribution in [0.15, 0.2) is 12.3 Å². The summed E-state index contributed by atoms with van der Waals surface area (Å²) in [4.78, 5) is 16.0. The molecule has 1 aromatic rings. The van der Waals surface area contributed by atoms with E-state index in [2.05, 4.69) is 15.6 Å². The summed E-state index contributed by atoms with van der Waals surface area (Å²) >= 11 is 0. The Balaban J connectivity index is 1.61. The average molecular weight is 279 g/mol. The van der Waals surface area contributed by atoms with Crippen LogP contribution in [0.4, 0.5) is 5.82 Å². The topological polar surface area (TPSA) is 92.7 Å². The molecular weight excluding hydrogens is 262 g/mol. The third kappa shape index (κ3) is 2.83. The van der Waals surface area contributed by atoms with Gasteiger partial charge in [-0.3, -0.25) is 4.79 Å². The van der Waals surface area contributed by atoms with E-state index >= 15 is 0 Å². The van der Waals surface area contributed by atoms with Gasteiger partial charge in [-0.2, -0.15) is 0 Å². The van der Waals surface area contributed by atoms with Crippen LogP contribution in [-0.2, 0) is 4.79 Å². The molecular formula is C13H17N3O4. The van der Waals surface area contributed by atoms with Crippen LogP contribution in [0, 0.1) is 5.92 Å². The first-order valence-electron chi connectivity index (χ1n) is 6.66. The van der Waals surface area contributed by atoms with Crippen molar-refractivity contribution in [2.24, 2.45) is 5.92 Å². The molecule has 7 heteroatoms. The van der Waals surface area contributed by atoms with Crippen molar-refractivity contribution < 1.29 is 19.4 Å². The quantitative estimate of drug-likeness (QED) is 0.707. The van der Waals surface area contributed by atoms with Crippen LogP contribution in [0.5, 0.6) is 11.5 Å². The highest BCUT2D eigenvalue weighted by Crippen LogP contribution is 2.30. The minimum atomic E-state index is -0.464. The Morgan fingerprint density at radius 3 is 2.95 bits per heavy atom.